The van der Waals surface area contributed by atoms with Crippen LogP contribution in [0, 0.1) is 0 Å². The van der Waals surface area contributed by atoms with Crippen LogP contribution in [-0.2, 0) is 9.47 Å². The second-order valence-corrected chi connectivity index (χ2v) is 6.05. The summed E-state index contributed by atoms with van der Waals surface area (Å²) in [7, 11) is 1.87. The Morgan fingerprint density at radius 3 is 2.30 bits per heavy atom. The van der Waals surface area contributed by atoms with Crippen molar-refractivity contribution in [2.75, 3.05) is 26.9 Å². The second kappa shape index (κ2) is 10.6. The number of rotatable bonds is 11. The van der Waals surface area contributed by atoms with Crippen molar-refractivity contribution >= 4 is 0 Å². The quantitative estimate of drug-likeness (QED) is 0.584. The van der Waals surface area contributed by atoms with Gasteiger partial charge in [0.1, 0.15) is 0 Å². The minimum absolute atomic E-state index is 0.00230. The highest BCUT2D eigenvalue weighted by Gasteiger charge is 2.39. The molecular weight excluding hydrogens is 250 g/mol. The van der Waals surface area contributed by atoms with Crippen LogP contribution in [0.15, 0.2) is 0 Å². The molecule has 1 unspecified atom stereocenters. The summed E-state index contributed by atoms with van der Waals surface area (Å²) in [6.45, 7) is 7.16. The van der Waals surface area contributed by atoms with Crippen molar-refractivity contribution in [1.29, 1.82) is 0 Å². The van der Waals surface area contributed by atoms with Crippen LogP contribution in [0.4, 0.5) is 0 Å². The number of nitrogens with one attached hydrogen (secondary N) is 1. The average molecular weight is 285 g/mol. The normalized spacial score (nSPS) is 19.9. The van der Waals surface area contributed by atoms with Crippen LogP contribution in [0.5, 0.6) is 0 Å². The highest BCUT2D eigenvalue weighted by atomic mass is 16.5. The Bertz CT molecular complexity index is 227. The van der Waals surface area contributed by atoms with E-state index in [4.69, 9.17) is 9.47 Å². The van der Waals surface area contributed by atoms with Gasteiger partial charge >= 0.3 is 0 Å². The molecule has 0 spiro atoms. The molecule has 3 heteroatoms. The van der Waals surface area contributed by atoms with E-state index in [0.29, 0.717) is 6.04 Å². The molecular formula is C17H35NO2. The summed E-state index contributed by atoms with van der Waals surface area (Å²) in [5.74, 6) is 0. The number of unbranched alkanes of at least 4 members (excludes halogenated alkanes) is 5. The largest absolute Gasteiger partial charge is 0.381 e. The minimum Gasteiger partial charge on any atom is -0.381 e. The molecule has 0 aromatic carbocycles. The van der Waals surface area contributed by atoms with Gasteiger partial charge in [-0.15, -0.1) is 0 Å². The van der Waals surface area contributed by atoms with Gasteiger partial charge in [-0.2, -0.15) is 0 Å². The lowest BCUT2D eigenvalue weighted by Gasteiger charge is -2.42. The topological polar surface area (TPSA) is 30.5 Å². The van der Waals surface area contributed by atoms with E-state index < -0.39 is 0 Å². The van der Waals surface area contributed by atoms with E-state index in [-0.39, 0.29) is 5.60 Å². The van der Waals surface area contributed by atoms with E-state index in [0.717, 1.165) is 32.6 Å². The van der Waals surface area contributed by atoms with Gasteiger partial charge in [-0.25, -0.2) is 0 Å². The maximum Gasteiger partial charge on any atom is 0.0874 e. The number of hydrogen-bond acceptors (Lipinski definition) is 3. The Kier molecular flexibility index (Phi) is 9.49. The fourth-order valence-corrected chi connectivity index (χ4v) is 3.34. The van der Waals surface area contributed by atoms with Crippen molar-refractivity contribution in [2.24, 2.45) is 0 Å². The third-order valence-corrected chi connectivity index (χ3v) is 4.68. The van der Waals surface area contributed by atoms with Gasteiger partial charge in [-0.05, 0) is 13.0 Å². The molecule has 1 N–H and O–H groups in total. The molecule has 0 amide bonds. The Labute approximate surface area is 125 Å². The first-order valence-electron chi connectivity index (χ1n) is 8.65. The summed E-state index contributed by atoms with van der Waals surface area (Å²) < 4.78 is 11.5. The molecule has 0 aromatic heterocycles. The van der Waals surface area contributed by atoms with Crippen molar-refractivity contribution in [3.8, 4) is 0 Å². The molecule has 120 valence electrons. The van der Waals surface area contributed by atoms with E-state index in [1.165, 1.54) is 44.9 Å². The smallest absolute Gasteiger partial charge is 0.0874 e. The highest BCUT2D eigenvalue weighted by Crippen LogP contribution is 2.31. The molecule has 1 aliphatic heterocycles. The molecule has 1 rings (SSSR count). The number of hydrogen-bond donors (Lipinski definition) is 1. The Balaban J connectivity index is 2.37. The summed E-state index contributed by atoms with van der Waals surface area (Å²) in [6.07, 6.45) is 11.4. The van der Waals surface area contributed by atoms with E-state index >= 15 is 0 Å². The van der Waals surface area contributed by atoms with Crippen molar-refractivity contribution in [2.45, 2.75) is 83.3 Å². The third kappa shape index (κ3) is 5.71. The molecule has 1 heterocycles. The zero-order chi connectivity index (χ0) is 14.7. The molecule has 1 atom stereocenters. The fourth-order valence-electron chi connectivity index (χ4n) is 3.34. The first-order valence-corrected chi connectivity index (χ1v) is 8.65. The van der Waals surface area contributed by atoms with E-state index in [1.54, 1.807) is 0 Å². The SMILES string of the molecule is CCCCCCCCC(NCC)C1(OC)CCOCC1. The van der Waals surface area contributed by atoms with Gasteiger partial charge in [-0.1, -0.05) is 52.4 Å². The lowest BCUT2D eigenvalue weighted by atomic mass is 9.83. The maximum atomic E-state index is 5.95. The van der Waals surface area contributed by atoms with Gasteiger partial charge < -0.3 is 14.8 Å². The standard InChI is InChI=1S/C17H35NO2/c1-4-6-7-8-9-10-11-16(18-5-2)17(19-3)12-14-20-15-13-17/h16,18H,4-15H2,1-3H3. The van der Waals surface area contributed by atoms with E-state index in [2.05, 4.69) is 19.2 Å². The van der Waals surface area contributed by atoms with Crippen LogP contribution in [0.25, 0.3) is 0 Å². The predicted molar refractivity (Wildman–Crippen MR) is 85.3 cm³/mol. The summed E-state index contributed by atoms with van der Waals surface area (Å²) >= 11 is 0. The monoisotopic (exact) mass is 285 g/mol. The molecule has 0 saturated carbocycles. The van der Waals surface area contributed by atoms with Crippen LogP contribution in [0.1, 0.15) is 71.6 Å². The summed E-state index contributed by atoms with van der Waals surface area (Å²) in [5, 5.41) is 3.67. The number of ether oxygens (including phenoxy) is 2. The van der Waals surface area contributed by atoms with E-state index in [1.807, 2.05) is 7.11 Å². The molecule has 1 aliphatic rings. The zero-order valence-corrected chi connectivity index (χ0v) is 13.9. The number of methoxy groups -OCH3 is 1. The zero-order valence-electron chi connectivity index (χ0n) is 13.9. The van der Waals surface area contributed by atoms with Crippen molar-refractivity contribution in [1.82, 2.24) is 5.32 Å². The minimum atomic E-state index is -0.00230. The predicted octanol–water partition coefficient (Wildman–Crippen LogP) is 3.91. The van der Waals surface area contributed by atoms with Gasteiger partial charge in [0.2, 0.25) is 0 Å². The van der Waals surface area contributed by atoms with Gasteiger partial charge in [-0.3, -0.25) is 0 Å². The molecule has 3 nitrogen and oxygen atoms in total. The lowest BCUT2D eigenvalue weighted by molar-refractivity contribution is -0.111. The molecule has 0 aliphatic carbocycles. The van der Waals surface area contributed by atoms with Crippen LogP contribution >= 0.6 is 0 Å². The summed E-state index contributed by atoms with van der Waals surface area (Å²) in [5.41, 5.74) is -0.00230. The lowest BCUT2D eigenvalue weighted by Crippen LogP contribution is -2.55. The second-order valence-electron chi connectivity index (χ2n) is 6.05. The van der Waals surface area contributed by atoms with Gasteiger partial charge in [0.15, 0.2) is 0 Å². The van der Waals surface area contributed by atoms with Gasteiger partial charge in [0.25, 0.3) is 0 Å². The molecule has 0 radical (unpaired) electrons. The fraction of sp³-hybridized carbons (Fsp3) is 1.00. The van der Waals surface area contributed by atoms with Crippen LogP contribution in [0.2, 0.25) is 0 Å². The number of likely N-dealkylation sites (N-methyl/N-ethyl adjacent to an activating group) is 1. The van der Waals surface area contributed by atoms with E-state index in [9.17, 15) is 0 Å². The Hall–Kier alpha value is -0.120. The van der Waals surface area contributed by atoms with Gasteiger partial charge in [0, 0.05) is 39.2 Å². The van der Waals surface area contributed by atoms with Crippen LogP contribution in [0.3, 0.4) is 0 Å². The molecule has 20 heavy (non-hydrogen) atoms. The molecule has 0 bridgehead atoms. The average Bonchev–Trinajstić information content (AvgIpc) is 2.50. The first kappa shape index (κ1) is 17.9. The summed E-state index contributed by atoms with van der Waals surface area (Å²) in [6, 6.07) is 0.479. The molecule has 1 saturated heterocycles. The third-order valence-electron chi connectivity index (χ3n) is 4.68. The van der Waals surface area contributed by atoms with Gasteiger partial charge in [0.05, 0.1) is 5.60 Å². The van der Waals surface area contributed by atoms with Crippen molar-refractivity contribution in [3.63, 3.8) is 0 Å². The first-order chi connectivity index (χ1) is 9.79. The van der Waals surface area contributed by atoms with Crippen molar-refractivity contribution < 1.29 is 9.47 Å². The Morgan fingerprint density at radius 2 is 1.70 bits per heavy atom. The Morgan fingerprint density at radius 1 is 1.05 bits per heavy atom. The molecule has 0 aromatic rings. The molecule has 1 fully saturated rings. The summed E-state index contributed by atoms with van der Waals surface area (Å²) in [4.78, 5) is 0. The van der Waals surface area contributed by atoms with Crippen LogP contribution < -0.4 is 5.32 Å². The van der Waals surface area contributed by atoms with Crippen LogP contribution in [-0.4, -0.2) is 38.5 Å². The highest BCUT2D eigenvalue weighted by molar-refractivity contribution is 4.94. The maximum absolute atomic E-state index is 5.95. The van der Waals surface area contributed by atoms with Crippen molar-refractivity contribution in [3.05, 3.63) is 0 Å².